The fourth-order valence-corrected chi connectivity index (χ4v) is 3.69. The predicted octanol–water partition coefficient (Wildman–Crippen LogP) is 2.22. The fourth-order valence-electron chi connectivity index (χ4n) is 3.69. The van der Waals surface area contributed by atoms with Gasteiger partial charge < -0.3 is 29.0 Å². The smallest absolute Gasteiger partial charge is 0.412 e. The van der Waals surface area contributed by atoms with Crippen LogP contribution in [0.5, 0.6) is 11.5 Å². The van der Waals surface area contributed by atoms with Crippen molar-refractivity contribution in [2.24, 2.45) is 0 Å². The normalized spacial score (nSPS) is 24.2. The van der Waals surface area contributed by atoms with Gasteiger partial charge in [0.2, 0.25) is 0 Å². The van der Waals surface area contributed by atoms with E-state index in [9.17, 15) is 9.59 Å². The molecule has 2 heterocycles. The highest BCUT2D eigenvalue weighted by Crippen LogP contribution is 2.30. The van der Waals surface area contributed by atoms with Gasteiger partial charge in [-0.05, 0) is 12.1 Å². The summed E-state index contributed by atoms with van der Waals surface area (Å²) in [6, 6.07) is 13.6. The number of hydrogen-bond acceptors (Lipinski definition) is 7. The van der Waals surface area contributed by atoms with Gasteiger partial charge in [0.25, 0.3) is 5.91 Å². The van der Waals surface area contributed by atoms with Crippen molar-refractivity contribution in [2.75, 3.05) is 32.8 Å². The van der Waals surface area contributed by atoms with Gasteiger partial charge in [0.05, 0.1) is 39.2 Å². The number of carbonyl (C=O) groups excluding carboxylic acids is 2. The second-order valence-electron chi connectivity index (χ2n) is 7.21. The van der Waals surface area contributed by atoms with Crippen LogP contribution in [0.2, 0.25) is 0 Å². The van der Waals surface area contributed by atoms with E-state index in [2.05, 4.69) is 10.6 Å². The van der Waals surface area contributed by atoms with E-state index < -0.39 is 18.3 Å². The molecule has 0 unspecified atom stereocenters. The maximum Gasteiger partial charge on any atom is 0.412 e. The van der Waals surface area contributed by atoms with E-state index in [0.29, 0.717) is 22.7 Å². The summed E-state index contributed by atoms with van der Waals surface area (Å²) in [5.41, 5.74) is 1.03. The number of ether oxygens (including phenoxy) is 5. The Labute approximate surface area is 179 Å². The second kappa shape index (κ2) is 9.23. The highest BCUT2D eigenvalue weighted by molar-refractivity contribution is 5.94. The van der Waals surface area contributed by atoms with E-state index in [1.54, 1.807) is 42.5 Å². The second-order valence-corrected chi connectivity index (χ2v) is 7.21. The van der Waals surface area contributed by atoms with Crippen molar-refractivity contribution in [3.63, 3.8) is 0 Å². The number of fused-ring (bicyclic) bond motifs is 1. The van der Waals surface area contributed by atoms with Crippen LogP contribution in [0.25, 0.3) is 0 Å². The monoisotopic (exact) mass is 428 g/mol. The Morgan fingerprint density at radius 2 is 1.61 bits per heavy atom. The molecule has 2 N–H and O–H groups in total. The zero-order chi connectivity index (χ0) is 21.8. The van der Waals surface area contributed by atoms with E-state index in [1.165, 1.54) is 14.2 Å². The minimum Gasteiger partial charge on any atom is -0.497 e. The molecule has 4 rings (SSSR count). The summed E-state index contributed by atoms with van der Waals surface area (Å²) in [5, 5.41) is 5.59. The SMILES string of the molecule is COc1cc(NC(=O)O[C@H]2CO[C@@H]3[C@@H]2OC[C@@H]3NC(=O)c2ccccc2)cc(OC)c1. The van der Waals surface area contributed by atoms with Crippen LogP contribution in [-0.2, 0) is 14.2 Å². The summed E-state index contributed by atoms with van der Waals surface area (Å²) >= 11 is 0. The van der Waals surface area contributed by atoms with Gasteiger partial charge >= 0.3 is 6.09 Å². The molecule has 9 nitrogen and oxygen atoms in total. The van der Waals surface area contributed by atoms with Crippen molar-refractivity contribution in [2.45, 2.75) is 24.4 Å². The average molecular weight is 428 g/mol. The molecule has 2 amide bonds. The van der Waals surface area contributed by atoms with E-state index in [0.717, 1.165) is 0 Å². The third kappa shape index (κ3) is 4.73. The molecule has 0 aliphatic carbocycles. The standard InChI is InChI=1S/C22H24N2O7/c1-27-15-8-14(9-16(10-15)28-2)23-22(26)31-18-12-30-19-17(11-29-20(18)19)24-21(25)13-6-4-3-5-7-13/h3-10,17-20H,11-12H2,1-2H3,(H,23,26)(H,24,25)/t17-,18-,19-,20+/m0/s1. The molecule has 9 heteroatoms. The van der Waals surface area contributed by atoms with Gasteiger partial charge in [-0.25, -0.2) is 4.79 Å². The number of amides is 2. The zero-order valence-electron chi connectivity index (χ0n) is 17.2. The summed E-state index contributed by atoms with van der Waals surface area (Å²) in [4.78, 5) is 24.8. The molecule has 31 heavy (non-hydrogen) atoms. The van der Waals surface area contributed by atoms with Crippen molar-refractivity contribution in [1.29, 1.82) is 0 Å². The molecule has 0 aromatic heterocycles. The molecule has 4 atom stereocenters. The molecular formula is C22H24N2O7. The van der Waals surface area contributed by atoms with Crippen LogP contribution in [0.3, 0.4) is 0 Å². The van der Waals surface area contributed by atoms with E-state index >= 15 is 0 Å². The summed E-state index contributed by atoms with van der Waals surface area (Å²) in [7, 11) is 3.05. The molecule has 2 aromatic rings. The van der Waals surface area contributed by atoms with Gasteiger partial charge in [0.1, 0.15) is 23.7 Å². The van der Waals surface area contributed by atoms with Gasteiger partial charge in [0.15, 0.2) is 6.10 Å². The maximum atomic E-state index is 12.4. The number of hydrogen-bond donors (Lipinski definition) is 2. The molecule has 0 bridgehead atoms. The lowest BCUT2D eigenvalue weighted by Gasteiger charge is -2.18. The lowest BCUT2D eigenvalue weighted by Crippen LogP contribution is -2.44. The lowest BCUT2D eigenvalue weighted by molar-refractivity contribution is 0.00861. The Kier molecular flexibility index (Phi) is 6.24. The fraction of sp³-hybridized carbons (Fsp3) is 0.364. The van der Waals surface area contributed by atoms with Crippen LogP contribution >= 0.6 is 0 Å². The zero-order valence-corrected chi connectivity index (χ0v) is 17.2. The van der Waals surface area contributed by atoms with Crippen LogP contribution in [0.15, 0.2) is 48.5 Å². The number of benzene rings is 2. The molecular weight excluding hydrogens is 404 g/mol. The first-order chi connectivity index (χ1) is 15.1. The number of methoxy groups -OCH3 is 2. The van der Waals surface area contributed by atoms with Gasteiger partial charge in [-0.3, -0.25) is 10.1 Å². The minimum atomic E-state index is -0.648. The van der Waals surface area contributed by atoms with E-state index in [-0.39, 0.29) is 31.3 Å². The van der Waals surface area contributed by atoms with Crippen LogP contribution in [-0.4, -0.2) is 63.8 Å². The Morgan fingerprint density at radius 3 is 2.29 bits per heavy atom. The van der Waals surface area contributed by atoms with Crippen molar-refractivity contribution in [3.8, 4) is 11.5 Å². The van der Waals surface area contributed by atoms with E-state index in [1.807, 2.05) is 6.07 Å². The Morgan fingerprint density at radius 1 is 0.935 bits per heavy atom. The first-order valence-corrected chi connectivity index (χ1v) is 9.87. The Bertz CT molecular complexity index is 914. The molecule has 2 saturated heterocycles. The van der Waals surface area contributed by atoms with Crippen LogP contribution in [0, 0.1) is 0 Å². The largest absolute Gasteiger partial charge is 0.497 e. The summed E-state index contributed by atoms with van der Waals surface area (Å²) in [6.45, 7) is 0.463. The van der Waals surface area contributed by atoms with Crippen LogP contribution in [0.4, 0.5) is 10.5 Å². The summed E-state index contributed by atoms with van der Waals surface area (Å²) in [5.74, 6) is 0.873. The van der Waals surface area contributed by atoms with Gasteiger partial charge in [-0.15, -0.1) is 0 Å². The van der Waals surface area contributed by atoms with Gasteiger partial charge in [-0.1, -0.05) is 18.2 Å². The maximum absolute atomic E-state index is 12.4. The van der Waals surface area contributed by atoms with Gasteiger partial charge in [0, 0.05) is 23.8 Å². The quantitative estimate of drug-likeness (QED) is 0.727. The minimum absolute atomic E-state index is 0.182. The average Bonchev–Trinajstić information content (AvgIpc) is 3.37. The number of rotatable bonds is 6. The first-order valence-electron chi connectivity index (χ1n) is 9.87. The lowest BCUT2D eigenvalue weighted by atomic mass is 10.1. The number of nitrogens with one attached hydrogen (secondary N) is 2. The Hall–Kier alpha value is -3.30. The topological polar surface area (TPSA) is 104 Å². The van der Waals surface area contributed by atoms with Crippen molar-refractivity contribution >= 4 is 17.7 Å². The Balaban J connectivity index is 1.33. The number of carbonyl (C=O) groups is 2. The third-order valence-corrected chi connectivity index (χ3v) is 5.22. The number of anilines is 1. The third-order valence-electron chi connectivity index (χ3n) is 5.22. The molecule has 0 radical (unpaired) electrons. The van der Waals surface area contributed by atoms with Crippen LogP contribution < -0.4 is 20.1 Å². The van der Waals surface area contributed by atoms with Crippen molar-refractivity contribution in [3.05, 3.63) is 54.1 Å². The predicted molar refractivity (Wildman–Crippen MR) is 111 cm³/mol. The molecule has 0 spiro atoms. The molecule has 164 valence electrons. The van der Waals surface area contributed by atoms with Crippen molar-refractivity contribution in [1.82, 2.24) is 5.32 Å². The van der Waals surface area contributed by atoms with Crippen LogP contribution in [0.1, 0.15) is 10.4 Å². The molecule has 2 aromatic carbocycles. The molecule has 2 aliphatic heterocycles. The molecule has 0 saturated carbocycles. The highest BCUT2D eigenvalue weighted by Gasteiger charge is 2.50. The van der Waals surface area contributed by atoms with E-state index in [4.69, 9.17) is 23.7 Å². The van der Waals surface area contributed by atoms with Crippen molar-refractivity contribution < 1.29 is 33.3 Å². The summed E-state index contributed by atoms with van der Waals surface area (Å²) < 4.78 is 27.5. The molecule has 2 aliphatic rings. The molecule has 2 fully saturated rings. The van der Waals surface area contributed by atoms with Gasteiger partial charge in [-0.2, -0.15) is 0 Å². The highest BCUT2D eigenvalue weighted by atomic mass is 16.6. The summed E-state index contributed by atoms with van der Waals surface area (Å²) in [6.07, 6.45) is -2.07. The first kappa shape index (κ1) is 21.0.